The van der Waals surface area contributed by atoms with Gasteiger partial charge in [0, 0.05) is 6.54 Å². The van der Waals surface area contributed by atoms with E-state index in [1.807, 2.05) is 7.05 Å². The van der Waals surface area contributed by atoms with Gasteiger partial charge in [0.15, 0.2) is 0 Å². The van der Waals surface area contributed by atoms with Gasteiger partial charge in [0.05, 0.1) is 12.2 Å². The first kappa shape index (κ1) is 12.3. The summed E-state index contributed by atoms with van der Waals surface area (Å²) in [7, 11) is 1.92. The van der Waals surface area contributed by atoms with Gasteiger partial charge in [0.1, 0.15) is 18.2 Å². The van der Waals surface area contributed by atoms with Crippen molar-refractivity contribution in [3.63, 3.8) is 0 Å². The van der Waals surface area contributed by atoms with Crippen molar-refractivity contribution >= 4 is 0 Å². The minimum Gasteiger partial charge on any atom is -0.491 e. The van der Waals surface area contributed by atoms with Crippen molar-refractivity contribution in [3.8, 4) is 5.75 Å². The first-order valence-corrected chi connectivity index (χ1v) is 5.96. The lowest BCUT2D eigenvalue weighted by Gasteiger charge is -2.14. The molecule has 2 unspecified atom stereocenters. The highest BCUT2D eigenvalue weighted by molar-refractivity contribution is 5.22. The Bertz CT molecular complexity index is 342. The molecule has 0 aliphatic carbocycles. The second-order valence-electron chi connectivity index (χ2n) is 4.28. The van der Waals surface area contributed by atoms with Crippen molar-refractivity contribution in [2.45, 2.75) is 25.0 Å². The monoisotopic (exact) mass is 239 g/mol. The Kier molecular flexibility index (Phi) is 4.34. The lowest BCUT2D eigenvalue weighted by molar-refractivity contribution is 0.0193. The number of benzene rings is 1. The Balaban J connectivity index is 1.74. The van der Waals surface area contributed by atoms with Crippen molar-refractivity contribution in [2.75, 3.05) is 20.2 Å². The zero-order valence-corrected chi connectivity index (χ0v) is 9.99. The molecule has 4 heteroatoms. The van der Waals surface area contributed by atoms with E-state index in [9.17, 15) is 4.39 Å². The minimum absolute atomic E-state index is 0.151. The highest BCUT2D eigenvalue weighted by Gasteiger charge is 2.24. The predicted molar refractivity (Wildman–Crippen MR) is 63.7 cm³/mol. The molecule has 0 spiro atoms. The van der Waals surface area contributed by atoms with Crippen LogP contribution in [0.5, 0.6) is 5.75 Å². The smallest absolute Gasteiger partial charge is 0.123 e. The Labute approximate surface area is 101 Å². The molecule has 2 atom stereocenters. The van der Waals surface area contributed by atoms with Crippen molar-refractivity contribution in [3.05, 3.63) is 30.1 Å². The summed E-state index contributed by atoms with van der Waals surface area (Å²) in [5.74, 6) is 0.440. The highest BCUT2D eigenvalue weighted by Crippen LogP contribution is 2.20. The van der Waals surface area contributed by atoms with Crippen LogP contribution in [0.3, 0.4) is 0 Å². The molecular formula is C13H18FNO2. The zero-order valence-electron chi connectivity index (χ0n) is 9.99. The molecule has 3 nitrogen and oxygen atoms in total. The van der Waals surface area contributed by atoms with E-state index in [4.69, 9.17) is 9.47 Å². The number of likely N-dealkylation sites (N-methyl/N-ethyl adjacent to an activating group) is 1. The van der Waals surface area contributed by atoms with E-state index < -0.39 is 0 Å². The molecule has 1 saturated heterocycles. The van der Waals surface area contributed by atoms with Gasteiger partial charge in [-0.2, -0.15) is 0 Å². The van der Waals surface area contributed by atoms with Crippen LogP contribution in [0.25, 0.3) is 0 Å². The lowest BCUT2D eigenvalue weighted by atomic mass is 10.2. The van der Waals surface area contributed by atoms with Crippen LogP contribution in [-0.2, 0) is 4.74 Å². The van der Waals surface area contributed by atoms with Crippen molar-refractivity contribution in [1.29, 1.82) is 0 Å². The SMILES string of the molecule is CNCC1CCC(COc2ccc(F)cc2)O1. The molecule has 2 rings (SSSR count). The summed E-state index contributed by atoms with van der Waals surface area (Å²) in [5, 5.41) is 3.10. The van der Waals surface area contributed by atoms with Gasteiger partial charge in [-0.05, 0) is 44.2 Å². The lowest BCUT2D eigenvalue weighted by Crippen LogP contribution is -2.25. The first-order chi connectivity index (χ1) is 8.28. The van der Waals surface area contributed by atoms with Gasteiger partial charge in [-0.15, -0.1) is 0 Å². The zero-order chi connectivity index (χ0) is 12.1. The second-order valence-corrected chi connectivity index (χ2v) is 4.28. The summed E-state index contributed by atoms with van der Waals surface area (Å²) < 4.78 is 24.0. The second kappa shape index (κ2) is 5.98. The number of hydrogen-bond donors (Lipinski definition) is 1. The Morgan fingerprint density at radius 3 is 2.71 bits per heavy atom. The Morgan fingerprint density at radius 2 is 2.00 bits per heavy atom. The molecule has 0 radical (unpaired) electrons. The van der Waals surface area contributed by atoms with E-state index in [1.54, 1.807) is 12.1 Å². The van der Waals surface area contributed by atoms with Crippen molar-refractivity contribution in [1.82, 2.24) is 5.32 Å². The highest BCUT2D eigenvalue weighted by atomic mass is 19.1. The van der Waals surface area contributed by atoms with Crippen molar-refractivity contribution in [2.24, 2.45) is 0 Å². The largest absolute Gasteiger partial charge is 0.491 e. The molecule has 1 aliphatic rings. The maximum Gasteiger partial charge on any atom is 0.123 e. The third kappa shape index (κ3) is 3.68. The predicted octanol–water partition coefficient (Wildman–Crippen LogP) is 1.97. The quantitative estimate of drug-likeness (QED) is 0.852. The fourth-order valence-electron chi connectivity index (χ4n) is 2.00. The third-order valence-electron chi connectivity index (χ3n) is 2.88. The normalized spacial score (nSPS) is 23.9. The summed E-state index contributed by atoms with van der Waals surface area (Å²) in [6.07, 6.45) is 2.53. The maximum absolute atomic E-state index is 12.7. The molecule has 0 bridgehead atoms. The minimum atomic E-state index is -0.247. The molecule has 17 heavy (non-hydrogen) atoms. The molecule has 1 aromatic carbocycles. The van der Waals surface area contributed by atoms with Crippen LogP contribution in [-0.4, -0.2) is 32.4 Å². The van der Waals surface area contributed by atoms with E-state index in [1.165, 1.54) is 12.1 Å². The van der Waals surface area contributed by atoms with E-state index in [0.29, 0.717) is 18.5 Å². The molecule has 1 aliphatic heterocycles. The van der Waals surface area contributed by atoms with Gasteiger partial charge in [-0.25, -0.2) is 4.39 Å². The number of nitrogens with one attached hydrogen (secondary N) is 1. The molecular weight excluding hydrogens is 221 g/mol. The van der Waals surface area contributed by atoms with Crippen LogP contribution in [0, 0.1) is 5.82 Å². The molecule has 1 aromatic rings. The maximum atomic E-state index is 12.7. The summed E-state index contributed by atoms with van der Waals surface area (Å²) in [6, 6.07) is 6.06. The Morgan fingerprint density at radius 1 is 1.29 bits per heavy atom. The van der Waals surface area contributed by atoms with Gasteiger partial charge in [0.25, 0.3) is 0 Å². The fourth-order valence-corrected chi connectivity index (χ4v) is 2.00. The number of rotatable bonds is 5. The van der Waals surface area contributed by atoms with Crippen LogP contribution >= 0.6 is 0 Å². The third-order valence-corrected chi connectivity index (χ3v) is 2.88. The molecule has 0 amide bonds. The Hall–Kier alpha value is -1.13. The van der Waals surface area contributed by atoms with Crippen LogP contribution in [0.2, 0.25) is 0 Å². The van der Waals surface area contributed by atoms with E-state index in [0.717, 1.165) is 19.4 Å². The summed E-state index contributed by atoms with van der Waals surface area (Å²) in [5.41, 5.74) is 0. The first-order valence-electron chi connectivity index (χ1n) is 5.96. The molecule has 1 N–H and O–H groups in total. The van der Waals surface area contributed by atoms with Gasteiger partial charge in [0.2, 0.25) is 0 Å². The van der Waals surface area contributed by atoms with Crippen molar-refractivity contribution < 1.29 is 13.9 Å². The average Bonchev–Trinajstić information content (AvgIpc) is 2.77. The standard InChI is InChI=1S/C13H18FNO2/c1-15-8-12-6-7-13(17-12)9-16-11-4-2-10(14)3-5-11/h2-5,12-13,15H,6-9H2,1H3. The van der Waals surface area contributed by atoms with Gasteiger partial charge < -0.3 is 14.8 Å². The average molecular weight is 239 g/mol. The topological polar surface area (TPSA) is 30.5 Å². The van der Waals surface area contributed by atoms with Gasteiger partial charge in [-0.1, -0.05) is 0 Å². The summed E-state index contributed by atoms with van der Waals surface area (Å²) >= 11 is 0. The van der Waals surface area contributed by atoms with E-state index in [-0.39, 0.29) is 11.9 Å². The van der Waals surface area contributed by atoms with Crippen LogP contribution in [0.4, 0.5) is 4.39 Å². The molecule has 94 valence electrons. The van der Waals surface area contributed by atoms with Crippen LogP contribution < -0.4 is 10.1 Å². The van der Waals surface area contributed by atoms with Gasteiger partial charge >= 0.3 is 0 Å². The molecule has 0 aromatic heterocycles. The van der Waals surface area contributed by atoms with Crippen LogP contribution in [0.15, 0.2) is 24.3 Å². The molecule has 1 heterocycles. The number of hydrogen-bond acceptors (Lipinski definition) is 3. The summed E-state index contributed by atoms with van der Waals surface area (Å²) in [6.45, 7) is 1.42. The van der Waals surface area contributed by atoms with E-state index in [2.05, 4.69) is 5.32 Å². The fraction of sp³-hybridized carbons (Fsp3) is 0.538. The van der Waals surface area contributed by atoms with Gasteiger partial charge in [-0.3, -0.25) is 0 Å². The summed E-state index contributed by atoms with van der Waals surface area (Å²) in [4.78, 5) is 0. The number of halogens is 1. The van der Waals surface area contributed by atoms with Crippen LogP contribution in [0.1, 0.15) is 12.8 Å². The van der Waals surface area contributed by atoms with E-state index >= 15 is 0 Å². The molecule has 1 fully saturated rings. The molecule has 0 saturated carbocycles. The number of ether oxygens (including phenoxy) is 2.